The fraction of sp³-hybridized carbons (Fsp3) is 0.462. The lowest BCUT2D eigenvalue weighted by molar-refractivity contribution is -0.0157. The molecule has 0 saturated heterocycles. The minimum Gasteiger partial charge on any atom is -0.390 e. The van der Waals surface area contributed by atoms with Crippen molar-refractivity contribution < 1.29 is 18.6 Å². The molecule has 0 aliphatic heterocycles. The zero-order chi connectivity index (χ0) is 14.8. The number of rotatable bonds is 3. The second-order valence-electron chi connectivity index (χ2n) is 4.91. The predicted molar refractivity (Wildman–Crippen MR) is 71.1 cm³/mol. The quantitative estimate of drug-likeness (QED) is 0.733. The molecule has 0 bridgehead atoms. The summed E-state index contributed by atoms with van der Waals surface area (Å²) in [5.41, 5.74) is 0.270. The van der Waals surface area contributed by atoms with Crippen LogP contribution in [0.2, 0.25) is 0 Å². The molecule has 2 rings (SSSR count). The highest BCUT2D eigenvalue weighted by Crippen LogP contribution is 2.21. The van der Waals surface area contributed by atoms with Crippen molar-refractivity contribution in [2.75, 3.05) is 0 Å². The van der Waals surface area contributed by atoms with Crippen LogP contribution in [-0.4, -0.2) is 36.9 Å². The number of sulfonamides is 1. The van der Waals surface area contributed by atoms with Gasteiger partial charge in [-0.15, -0.1) is 0 Å². The monoisotopic (exact) mass is 296 g/mol. The maximum absolute atomic E-state index is 12.2. The van der Waals surface area contributed by atoms with Crippen LogP contribution in [0.5, 0.6) is 0 Å². The van der Waals surface area contributed by atoms with Crippen LogP contribution in [-0.2, 0) is 10.0 Å². The van der Waals surface area contributed by atoms with Crippen LogP contribution in [0.3, 0.4) is 0 Å². The highest BCUT2D eigenvalue weighted by atomic mass is 32.2. The smallest absolute Gasteiger partial charge is 0.240 e. The van der Waals surface area contributed by atoms with Gasteiger partial charge in [-0.25, -0.2) is 13.1 Å². The number of nitrogens with one attached hydrogen (secondary N) is 1. The Bertz CT molecular complexity index is 624. The molecule has 1 aromatic carbocycles. The lowest BCUT2D eigenvalue weighted by Crippen LogP contribution is -2.44. The topological polar surface area (TPSA) is 110 Å². The Morgan fingerprint density at radius 1 is 1.25 bits per heavy atom. The van der Waals surface area contributed by atoms with Gasteiger partial charge in [0.05, 0.1) is 28.7 Å². The van der Waals surface area contributed by atoms with Gasteiger partial charge >= 0.3 is 0 Å². The van der Waals surface area contributed by atoms with Gasteiger partial charge in [-0.3, -0.25) is 0 Å². The van der Waals surface area contributed by atoms with Gasteiger partial charge in [0.2, 0.25) is 10.0 Å². The fourth-order valence-corrected chi connectivity index (χ4v) is 3.59. The molecule has 0 amide bonds. The van der Waals surface area contributed by atoms with Gasteiger partial charge in [-0.2, -0.15) is 5.26 Å². The van der Waals surface area contributed by atoms with E-state index < -0.39 is 28.3 Å². The average molecular weight is 296 g/mol. The predicted octanol–water partition coefficient (Wildman–Crippen LogP) is 0.111. The molecule has 108 valence electrons. The molecule has 3 atom stereocenters. The van der Waals surface area contributed by atoms with E-state index in [0.717, 1.165) is 0 Å². The fourth-order valence-electron chi connectivity index (χ4n) is 2.26. The van der Waals surface area contributed by atoms with Crippen LogP contribution in [0, 0.1) is 11.3 Å². The summed E-state index contributed by atoms with van der Waals surface area (Å²) in [6.07, 6.45) is -0.708. The van der Waals surface area contributed by atoms with E-state index in [9.17, 15) is 18.6 Å². The second kappa shape index (κ2) is 5.89. The van der Waals surface area contributed by atoms with Crippen molar-refractivity contribution in [2.24, 2.45) is 0 Å². The largest absolute Gasteiger partial charge is 0.390 e. The Balaban J connectivity index is 2.13. The number of hydrogen-bond acceptors (Lipinski definition) is 5. The molecule has 1 aliphatic rings. The Morgan fingerprint density at radius 3 is 2.65 bits per heavy atom. The summed E-state index contributed by atoms with van der Waals surface area (Å²) in [7, 11) is -3.73. The van der Waals surface area contributed by atoms with Crippen molar-refractivity contribution in [3.8, 4) is 6.07 Å². The summed E-state index contributed by atoms with van der Waals surface area (Å²) in [6, 6.07) is 7.23. The summed E-state index contributed by atoms with van der Waals surface area (Å²) in [5, 5.41) is 27.8. The summed E-state index contributed by atoms with van der Waals surface area (Å²) in [5.74, 6) is 0. The molecule has 7 heteroatoms. The normalized spacial score (nSPS) is 26.9. The lowest BCUT2D eigenvalue weighted by Gasteiger charge is -2.30. The van der Waals surface area contributed by atoms with E-state index in [1.54, 1.807) is 0 Å². The van der Waals surface area contributed by atoms with E-state index in [0.29, 0.717) is 12.8 Å². The molecule has 1 saturated carbocycles. The Morgan fingerprint density at radius 2 is 2.00 bits per heavy atom. The zero-order valence-electron chi connectivity index (χ0n) is 10.7. The van der Waals surface area contributed by atoms with Gasteiger partial charge < -0.3 is 10.2 Å². The van der Waals surface area contributed by atoms with Crippen LogP contribution in [0.1, 0.15) is 24.8 Å². The molecule has 1 unspecified atom stereocenters. The number of nitrogens with zero attached hydrogens (tertiary/aromatic N) is 1. The third-order valence-electron chi connectivity index (χ3n) is 3.38. The average Bonchev–Trinajstić information content (AvgIpc) is 2.43. The highest BCUT2D eigenvalue weighted by Gasteiger charge is 2.30. The van der Waals surface area contributed by atoms with Crippen molar-refractivity contribution in [3.05, 3.63) is 29.8 Å². The maximum atomic E-state index is 12.2. The molecule has 0 heterocycles. The minimum atomic E-state index is -3.73. The van der Waals surface area contributed by atoms with Gasteiger partial charge in [0, 0.05) is 6.04 Å². The Hall–Kier alpha value is -1.46. The van der Waals surface area contributed by atoms with E-state index in [1.165, 1.54) is 24.3 Å². The van der Waals surface area contributed by atoms with Crippen LogP contribution < -0.4 is 4.72 Å². The molecule has 1 fully saturated rings. The van der Waals surface area contributed by atoms with Crippen molar-refractivity contribution >= 4 is 10.0 Å². The highest BCUT2D eigenvalue weighted by molar-refractivity contribution is 7.89. The van der Waals surface area contributed by atoms with Gasteiger partial charge in [0.25, 0.3) is 0 Å². The SMILES string of the molecule is N#Cc1cccc(S(=O)(=O)NC2CC[C@@H](O)[C@@H](O)C2)c1. The van der Waals surface area contributed by atoms with Gasteiger partial charge in [-0.1, -0.05) is 6.07 Å². The molecule has 3 N–H and O–H groups in total. The van der Waals surface area contributed by atoms with Crippen LogP contribution in [0.15, 0.2) is 29.2 Å². The third kappa shape index (κ3) is 3.35. The molecule has 6 nitrogen and oxygen atoms in total. The van der Waals surface area contributed by atoms with E-state index >= 15 is 0 Å². The van der Waals surface area contributed by atoms with Crippen LogP contribution in [0.4, 0.5) is 0 Å². The first kappa shape index (κ1) is 14.9. The Kier molecular flexibility index (Phi) is 4.40. The summed E-state index contributed by atoms with van der Waals surface area (Å²) >= 11 is 0. The van der Waals surface area contributed by atoms with Crippen molar-refractivity contribution in [1.29, 1.82) is 5.26 Å². The zero-order valence-corrected chi connectivity index (χ0v) is 11.5. The number of benzene rings is 1. The minimum absolute atomic E-state index is 0.0251. The maximum Gasteiger partial charge on any atom is 0.240 e. The van der Waals surface area contributed by atoms with E-state index in [4.69, 9.17) is 5.26 Å². The van der Waals surface area contributed by atoms with Crippen molar-refractivity contribution in [2.45, 2.75) is 42.4 Å². The number of aliphatic hydroxyl groups excluding tert-OH is 2. The molecular formula is C13H16N2O4S. The Labute approximate surface area is 117 Å². The third-order valence-corrected chi connectivity index (χ3v) is 4.89. The molecule has 1 aliphatic carbocycles. The second-order valence-corrected chi connectivity index (χ2v) is 6.62. The van der Waals surface area contributed by atoms with E-state index in [1.807, 2.05) is 6.07 Å². The molecule has 0 aromatic heterocycles. The van der Waals surface area contributed by atoms with Crippen LogP contribution in [0.25, 0.3) is 0 Å². The van der Waals surface area contributed by atoms with E-state index in [2.05, 4.69) is 4.72 Å². The number of hydrogen-bond donors (Lipinski definition) is 3. The number of nitriles is 1. The summed E-state index contributed by atoms with van der Waals surface area (Å²) in [6.45, 7) is 0. The van der Waals surface area contributed by atoms with Crippen molar-refractivity contribution in [1.82, 2.24) is 4.72 Å². The lowest BCUT2D eigenvalue weighted by atomic mass is 9.91. The van der Waals surface area contributed by atoms with Gasteiger partial charge in [0.15, 0.2) is 0 Å². The van der Waals surface area contributed by atoms with Gasteiger partial charge in [0.1, 0.15) is 0 Å². The molecular weight excluding hydrogens is 280 g/mol. The first-order chi connectivity index (χ1) is 9.42. The first-order valence-electron chi connectivity index (χ1n) is 6.31. The molecule has 0 radical (unpaired) electrons. The van der Waals surface area contributed by atoms with E-state index in [-0.39, 0.29) is 16.9 Å². The van der Waals surface area contributed by atoms with Gasteiger partial charge in [-0.05, 0) is 37.5 Å². The molecule has 0 spiro atoms. The standard InChI is InChI=1S/C13H16N2O4S/c14-8-9-2-1-3-11(6-9)20(18,19)15-10-4-5-12(16)13(17)7-10/h1-3,6,10,12-13,15-17H,4-5,7H2/t10?,12-,13+/m1/s1. The summed E-state index contributed by atoms with van der Waals surface area (Å²) in [4.78, 5) is 0.0251. The van der Waals surface area contributed by atoms with Crippen molar-refractivity contribution in [3.63, 3.8) is 0 Å². The van der Waals surface area contributed by atoms with Crippen LogP contribution >= 0.6 is 0 Å². The summed E-state index contributed by atoms with van der Waals surface area (Å²) < 4.78 is 26.9. The molecule has 20 heavy (non-hydrogen) atoms. The molecule has 1 aromatic rings. The number of aliphatic hydroxyl groups is 2. The first-order valence-corrected chi connectivity index (χ1v) is 7.79.